The summed E-state index contributed by atoms with van der Waals surface area (Å²) in [6.45, 7) is 6.14. The van der Waals surface area contributed by atoms with Gasteiger partial charge >= 0.3 is 0 Å². The molecule has 1 aliphatic rings. The first-order valence-corrected chi connectivity index (χ1v) is 12.0. The third-order valence-corrected chi connectivity index (χ3v) is 5.99. The molecule has 0 saturated heterocycles. The van der Waals surface area contributed by atoms with Crippen LogP contribution in [0.4, 0.5) is 0 Å². The van der Waals surface area contributed by atoms with Gasteiger partial charge in [0.2, 0.25) is 0 Å². The van der Waals surface area contributed by atoms with E-state index in [-0.39, 0.29) is 0 Å². The van der Waals surface area contributed by atoms with Crippen molar-refractivity contribution < 1.29 is 4.74 Å². The summed E-state index contributed by atoms with van der Waals surface area (Å²) < 4.78 is 7.14. The normalized spacial score (nSPS) is 19.7. The molecule has 2 aromatic rings. The fourth-order valence-electron chi connectivity index (χ4n) is 3.86. The van der Waals surface area contributed by atoms with Crippen molar-refractivity contribution in [2.75, 3.05) is 7.11 Å². The largest absolute Gasteiger partial charge is 0.381 e. The highest BCUT2D eigenvalue weighted by Crippen LogP contribution is 2.38. The molecule has 5 heteroatoms. The van der Waals surface area contributed by atoms with E-state index < -0.39 is 0 Å². The summed E-state index contributed by atoms with van der Waals surface area (Å²) in [5.74, 6) is 1.21. The smallest absolute Gasteiger partial charge is 0.162 e. The van der Waals surface area contributed by atoms with Gasteiger partial charge < -0.3 is 10.1 Å². The lowest BCUT2D eigenvalue weighted by Crippen LogP contribution is -2.28. The lowest BCUT2D eigenvalue weighted by Gasteiger charge is -2.34. The SMILES string of the molecule is CC/C=C\C=C/C/C(C)=C/C(C=N)=C(\N=C\c1ccc(C2CC(OC)C2)cc1)n1ccc(C)n1. The minimum atomic E-state index is 0.399. The van der Waals surface area contributed by atoms with E-state index in [1.165, 1.54) is 11.8 Å². The Labute approximate surface area is 203 Å². The van der Waals surface area contributed by atoms with Gasteiger partial charge in [0, 0.05) is 31.3 Å². The van der Waals surface area contributed by atoms with E-state index >= 15 is 0 Å². The van der Waals surface area contributed by atoms with Gasteiger partial charge in [0.25, 0.3) is 0 Å². The number of allylic oxidation sites excluding steroid dienone is 7. The average molecular weight is 457 g/mol. The van der Waals surface area contributed by atoms with Gasteiger partial charge in [-0.3, -0.25) is 0 Å². The van der Waals surface area contributed by atoms with Crippen LogP contribution in [0.3, 0.4) is 0 Å². The van der Waals surface area contributed by atoms with Gasteiger partial charge in [-0.05, 0) is 62.6 Å². The van der Waals surface area contributed by atoms with E-state index in [1.807, 2.05) is 31.5 Å². The van der Waals surface area contributed by atoms with Gasteiger partial charge in [0.15, 0.2) is 5.82 Å². The monoisotopic (exact) mass is 456 g/mol. The molecule has 5 nitrogen and oxygen atoms in total. The molecule has 0 radical (unpaired) electrons. The Morgan fingerprint density at radius 2 is 1.91 bits per heavy atom. The van der Waals surface area contributed by atoms with E-state index in [9.17, 15) is 0 Å². The maximum atomic E-state index is 8.04. The number of hydrogen-bond acceptors (Lipinski definition) is 4. The number of aliphatic imine (C=N–C) groups is 1. The molecule has 1 fully saturated rings. The Morgan fingerprint density at radius 1 is 1.18 bits per heavy atom. The van der Waals surface area contributed by atoms with Crippen molar-refractivity contribution in [1.82, 2.24) is 9.78 Å². The van der Waals surface area contributed by atoms with Crippen LogP contribution in [-0.4, -0.2) is 35.4 Å². The summed E-state index contributed by atoms with van der Waals surface area (Å²) in [6, 6.07) is 10.5. The van der Waals surface area contributed by atoms with E-state index in [0.29, 0.717) is 23.4 Å². The van der Waals surface area contributed by atoms with Gasteiger partial charge in [-0.25, -0.2) is 9.67 Å². The number of nitrogens with zero attached hydrogens (tertiary/aromatic N) is 3. The van der Waals surface area contributed by atoms with Gasteiger partial charge in [0.1, 0.15) is 0 Å². The Morgan fingerprint density at radius 3 is 2.53 bits per heavy atom. The average Bonchev–Trinajstić information content (AvgIpc) is 3.24. The highest BCUT2D eigenvalue weighted by molar-refractivity contribution is 5.91. The summed E-state index contributed by atoms with van der Waals surface area (Å²) in [6.07, 6.45) is 19.9. The molecule has 0 bridgehead atoms. The van der Waals surface area contributed by atoms with E-state index in [0.717, 1.165) is 42.5 Å². The predicted molar refractivity (Wildman–Crippen MR) is 143 cm³/mol. The molecule has 1 aromatic carbocycles. The van der Waals surface area contributed by atoms with E-state index in [4.69, 9.17) is 15.1 Å². The van der Waals surface area contributed by atoms with Crippen molar-refractivity contribution >= 4 is 18.3 Å². The molecule has 1 N–H and O–H groups in total. The van der Waals surface area contributed by atoms with Crippen molar-refractivity contribution in [3.05, 3.63) is 94.9 Å². The van der Waals surface area contributed by atoms with Crippen LogP contribution in [0, 0.1) is 12.3 Å². The molecule has 178 valence electrons. The van der Waals surface area contributed by atoms with E-state index in [1.54, 1.807) is 11.8 Å². The second-order valence-electron chi connectivity index (χ2n) is 8.74. The van der Waals surface area contributed by atoms with Crippen LogP contribution < -0.4 is 0 Å². The lowest BCUT2D eigenvalue weighted by molar-refractivity contribution is 0.0258. The Balaban J connectivity index is 1.82. The minimum absolute atomic E-state index is 0.399. The number of ether oxygens (including phenoxy) is 1. The molecular weight excluding hydrogens is 420 g/mol. The quantitative estimate of drug-likeness (QED) is 0.296. The number of rotatable bonds is 11. The zero-order valence-corrected chi connectivity index (χ0v) is 20.7. The van der Waals surface area contributed by atoms with Crippen molar-refractivity contribution in [3.8, 4) is 0 Å². The highest BCUT2D eigenvalue weighted by atomic mass is 16.5. The van der Waals surface area contributed by atoms with Crippen molar-refractivity contribution in [3.63, 3.8) is 0 Å². The summed E-state index contributed by atoms with van der Waals surface area (Å²) in [5, 5.41) is 12.6. The summed E-state index contributed by atoms with van der Waals surface area (Å²) >= 11 is 0. The maximum Gasteiger partial charge on any atom is 0.162 e. The molecule has 34 heavy (non-hydrogen) atoms. The van der Waals surface area contributed by atoms with E-state index in [2.05, 4.69) is 67.5 Å². The Bertz CT molecular complexity index is 1090. The third-order valence-electron chi connectivity index (χ3n) is 5.99. The maximum absolute atomic E-state index is 8.04. The Kier molecular flexibility index (Phi) is 9.53. The van der Waals surface area contributed by atoms with Crippen LogP contribution >= 0.6 is 0 Å². The highest BCUT2D eigenvalue weighted by Gasteiger charge is 2.29. The zero-order valence-electron chi connectivity index (χ0n) is 20.7. The molecule has 1 aromatic heterocycles. The van der Waals surface area contributed by atoms with Crippen LogP contribution in [0.5, 0.6) is 0 Å². The van der Waals surface area contributed by atoms with Gasteiger partial charge in [-0.1, -0.05) is 67.1 Å². The second-order valence-corrected chi connectivity index (χ2v) is 8.74. The summed E-state index contributed by atoms with van der Waals surface area (Å²) in [4.78, 5) is 4.77. The molecule has 1 aliphatic carbocycles. The standard InChI is InChI=1S/C29H36N4O/c1-5-6-7-8-9-10-22(2)17-27(20-30)29(33-16-15-23(3)32-33)31-21-24-11-13-25(14-12-24)26-18-28(19-26)34-4/h6-9,11-17,20-21,26,28,30H,5,10,18-19H2,1-4H3/b7-6-,9-8-,22-17+,29-27-,30-20?,31-21+. The van der Waals surface area contributed by atoms with Crippen molar-refractivity contribution in [1.29, 1.82) is 5.41 Å². The van der Waals surface area contributed by atoms with Crippen LogP contribution in [-0.2, 0) is 4.74 Å². The third kappa shape index (κ3) is 7.09. The minimum Gasteiger partial charge on any atom is -0.381 e. The van der Waals surface area contributed by atoms with Gasteiger partial charge in [-0.2, -0.15) is 5.10 Å². The number of aromatic nitrogens is 2. The fourth-order valence-corrected chi connectivity index (χ4v) is 3.86. The summed E-state index contributed by atoms with van der Waals surface area (Å²) in [5.41, 5.74) is 5.14. The molecule has 0 atom stereocenters. The van der Waals surface area contributed by atoms with Crippen molar-refractivity contribution in [2.24, 2.45) is 4.99 Å². The molecule has 0 aliphatic heterocycles. The number of benzene rings is 1. The number of aryl methyl sites for hydroxylation is 1. The van der Waals surface area contributed by atoms with Gasteiger partial charge in [0.05, 0.1) is 11.8 Å². The van der Waals surface area contributed by atoms with Crippen LogP contribution in [0.1, 0.15) is 62.3 Å². The molecule has 0 spiro atoms. The Hall–Kier alpha value is -3.31. The molecule has 0 amide bonds. The topological polar surface area (TPSA) is 63.3 Å². The lowest BCUT2D eigenvalue weighted by atomic mass is 9.77. The first-order valence-electron chi connectivity index (χ1n) is 12.0. The van der Waals surface area contributed by atoms with Crippen LogP contribution in [0.15, 0.2) is 83.0 Å². The zero-order chi connectivity index (χ0) is 24.3. The predicted octanol–water partition coefficient (Wildman–Crippen LogP) is 6.88. The van der Waals surface area contributed by atoms with Crippen LogP contribution in [0.25, 0.3) is 5.82 Å². The van der Waals surface area contributed by atoms with Crippen molar-refractivity contribution in [2.45, 2.75) is 58.5 Å². The first kappa shape index (κ1) is 25.3. The second kappa shape index (κ2) is 12.8. The number of nitrogens with one attached hydrogen (secondary N) is 1. The number of hydrogen-bond donors (Lipinski definition) is 1. The molecule has 1 heterocycles. The van der Waals surface area contributed by atoms with Crippen LogP contribution in [0.2, 0.25) is 0 Å². The molecule has 0 unspecified atom stereocenters. The molecular formula is C29H36N4O. The van der Waals surface area contributed by atoms with Gasteiger partial charge in [-0.15, -0.1) is 0 Å². The molecule has 1 saturated carbocycles. The fraction of sp³-hybridized carbons (Fsp3) is 0.345. The molecule has 3 rings (SSSR count). The first-order chi connectivity index (χ1) is 16.5. The number of methoxy groups -OCH3 is 1. The summed E-state index contributed by atoms with van der Waals surface area (Å²) in [7, 11) is 1.79.